The van der Waals surface area contributed by atoms with E-state index in [-0.39, 0.29) is 160 Å². The molecular formula is C89H84Br2K2N18O17+2. The molecule has 10 aromatic carbocycles. The number of amides is 1. The molecular weight excluding hydrogens is 1830 g/mol. The minimum absolute atomic E-state index is 0. The van der Waals surface area contributed by atoms with E-state index in [9.17, 15) is 24.0 Å². The summed E-state index contributed by atoms with van der Waals surface area (Å²) < 4.78 is 42.6. The van der Waals surface area contributed by atoms with Gasteiger partial charge in [0.15, 0.2) is 36.9 Å². The molecule has 7 N–H and O–H groups in total. The van der Waals surface area contributed by atoms with E-state index in [0.29, 0.717) is 58.7 Å². The number of benzene rings is 10. The molecule has 128 heavy (non-hydrogen) atoms. The van der Waals surface area contributed by atoms with Crippen LogP contribution in [0.15, 0.2) is 286 Å². The minimum atomic E-state index is -0.436. The molecule has 1 amide bonds. The number of nitriles is 2. The van der Waals surface area contributed by atoms with Gasteiger partial charge in [0.25, 0.3) is 12.4 Å². The molecule has 0 saturated heterocycles. The zero-order valence-electron chi connectivity index (χ0n) is 71.0. The number of H-pyrrole nitrogens is 3. The summed E-state index contributed by atoms with van der Waals surface area (Å²) in [5, 5.41) is 77.8. The number of phenols is 1. The Balaban J connectivity index is 0.000000323. The number of rotatable bonds is 23. The number of esters is 4. The molecule has 0 bridgehead atoms. The summed E-state index contributed by atoms with van der Waals surface area (Å²) in [4.78, 5) is 74.2. The van der Waals surface area contributed by atoms with E-state index in [1.54, 1.807) is 91.4 Å². The number of nitrogens with one attached hydrogen (secondary N) is 4. The van der Waals surface area contributed by atoms with Gasteiger partial charge in [0.1, 0.15) is 57.4 Å². The van der Waals surface area contributed by atoms with Gasteiger partial charge in [-0.1, -0.05) is 145 Å². The summed E-state index contributed by atoms with van der Waals surface area (Å²) in [6.07, 6.45) is 7.11. The molecule has 15 rings (SSSR count). The maximum absolute atomic E-state index is 12.3. The fourth-order valence-corrected chi connectivity index (χ4v) is 10.6. The second-order valence-electron chi connectivity index (χ2n) is 24.9. The fraction of sp³-hybridized carbons (Fsp3) is 0.135. The van der Waals surface area contributed by atoms with E-state index in [1.165, 1.54) is 46.1 Å². The van der Waals surface area contributed by atoms with Crippen molar-refractivity contribution in [3.63, 3.8) is 0 Å². The first-order valence-electron chi connectivity index (χ1n) is 37.2. The summed E-state index contributed by atoms with van der Waals surface area (Å²) in [6.45, 7) is 0.649. The number of carbonyl (C=O) groups excluding carboxylic acids is 6. The predicted molar refractivity (Wildman–Crippen MR) is 466 cm³/mol. The molecule has 35 nitrogen and oxygen atoms in total. The van der Waals surface area contributed by atoms with Gasteiger partial charge in [0.2, 0.25) is 5.82 Å². The zero-order chi connectivity index (χ0) is 90.3. The van der Waals surface area contributed by atoms with Gasteiger partial charge in [-0.2, -0.15) is 25.1 Å². The molecule has 0 unspecified atom stereocenters. The third-order valence-corrected chi connectivity index (χ3v) is 17.4. The van der Waals surface area contributed by atoms with Crippen molar-refractivity contribution in [2.45, 2.75) is 18.4 Å². The number of pyridine rings is 2. The van der Waals surface area contributed by atoms with Crippen molar-refractivity contribution in [1.29, 1.82) is 10.5 Å². The topological polar surface area (TPSA) is 486 Å². The quantitative estimate of drug-likeness (QED) is 0.00562. The Morgan fingerprint density at radius 2 is 0.875 bits per heavy atom. The zero-order valence-corrected chi connectivity index (χ0v) is 79.4. The molecule has 0 spiro atoms. The summed E-state index contributed by atoms with van der Waals surface area (Å²) in [5.41, 5.74) is 14.4. The van der Waals surface area contributed by atoms with Crippen LogP contribution in [0.25, 0.3) is 55.7 Å². The summed E-state index contributed by atoms with van der Waals surface area (Å²) in [7, 11) is 5.28. The van der Waals surface area contributed by atoms with Crippen LogP contribution >= 0.6 is 31.9 Å². The van der Waals surface area contributed by atoms with Crippen molar-refractivity contribution in [2.24, 2.45) is 0 Å². The van der Waals surface area contributed by atoms with Crippen molar-refractivity contribution >= 4 is 101 Å². The number of fused-ring (bicyclic) bond motifs is 2. The molecule has 646 valence electrons. The number of anilines is 2. The van der Waals surface area contributed by atoms with Crippen LogP contribution in [-0.4, -0.2) is 163 Å². The molecule has 0 saturated carbocycles. The first-order valence-corrected chi connectivity index (χ1v) is 39.5. The van der Waals surface area contributed by atoms with Gasteiger partial charge >= 0.3 is 138 Å². The number of alkyl halides is 2. The normalized spacial score (nSPS) is 9.57. The van der Waals surface area contributed by atoms with E-state index in [4.69, 9.17) is 50.4 Å². The van der Waals surface area contributed by atoms with Crippen LogP contribution in [0.2, 0.25) is 0 Å². The van der Waals surface area contributed by atoms with Gasteiger partial charge < -0.3 is 65.6 Å². The van der Waals surface area contributed by atoms with Gasteiger partial charge in [-0.15, -0.1) is 10.2 Å². The Hall–Kier alpha value is -13.0. The van der Waals surface area contributed by atoms with E-state index >= 15 is 0 Å². The second-order valence-corrected chi connectivity index (χ2v) is 26.0. The first kappa shape index (κ1) is 106. The predicted octanol–water partition coefficient (Wildman–Crippen LogP) is 5.03. The summed E-state index contributed by atoms with van der Waals surface area (Å²) in [5.74, 6) is 2.67. The SMILES string of the molecule is BrCc1ccccc1.COC(=O)CBr.COC(=O)COc1ccc(-c2nn[nH][n+]2Cc2ccccc2)cc1.COC(=O)COc1ccc(-c2nn[nH]n2)cc1.COC(=O)COc1ccc(C#N)cc1.N#Cc1ccc(O)cc1.Nc1ccc2cnccc2c1.O=C(COc1ccc(-c2nn[nH][n+]2Cc2ccccc2)cc1)Nc1ccc2cnccc2c1.O=CO[O-].[H-].[K+].[K+]. The van der Waals surface area contributed by atoms with Crippen LogP contribution in [0, 0.1) is 22.7 Å². The number of nitrogens with zero attached hydrogens (tertiary/aromatic N) is 13. The Labute approximate surface area is 837 Å². The number of methoxy groups -OCH3 is 4. The maximum atomic E-state index is 12.3. The Morgan fingerprint density at radius 1 is 0.484 bits per heavy atom. The van der Waals surface area contributed by atoms with Crippen molar-refractivity contribution < 1.29 is 195 Å². The number of ether oxygens (including phenoxy) is 8. The number of hydrogen-bond acceptors (Lipinski definition) is 29. The van der Waals surface area contributed by atoms with Gasteiger partial charge in [-0.25, -0.2) is 14.4 Å². The van der Waals surface area contributed by atoms with Gasteiger partial charge in [0, 0.05) is 57.8 Å². The molecule has 0 fully saturated rings. The maximum Gasteiger partial charge on any atom is 1.00 e. The van der Waals surface area contributed by atoms with E-state index in [1.807, 2.05) is 179 Å². The van der Waals surface area contributed by atoms with E-state index in [2.05, 4.69) is 147 Å². The number of halogens is 2. The number of carbonyl (C=O) groups is 6. The molecule has 15 aromatic rings. The van der Waals surface area contributed by atoms with E-state index in [0.717, 1.165) is 72.0 Å². The van der Waals surface area contributed by atoms with Crippen LogP contribution < -0.4 is 147 Å². The van der Waals surface area contributed by atoms with Crippen molar-refractivity contribution in [1.82, 2.24) is 61.6 Å². The summed E-state index contributed by atoms with van der Waals surface area (Å²) in [6, 6.07) is 83.9. The van der Waals surface area contributed by atoms with Crippen molar-refractivity contribution in [3.8, 4) is 75.0 Å². The number of aromatic nitrogens is 14. The largest absolute Gasteiger partial charge is 1.00 e. The van der Waals surface area contributed by atoms with Crippen molar-refractivity contribution in [3.05, 3.63) is 313 Å². The van der Waals surface area contributed by atoms with Crippen LogP contribution in [0.5, 0.6) is 28.7 Å². The Morgan fingerprint density at radius 3 is 1.25 bits per heavy atom. The minimum Gasteiger partial charge on any atom is -1.00 e. The molecule has 5 aromatic heterocycles. The average Bonchev–Trinajstić information content (AvgIpc) is 1.81. The standard InChI is InChI=1S/C25H20N6O2.C17H16N4O3.C10H10N4O3.C10H9NO3.C9H8N2.C7H7Br.C7H5NO.C3H5BrO2.CH2O3.2K.H/c32-24(27-22-9-6-21-15-26-13-12-20(21)14-22)17-33-23-10-7-19(8-11-23)25-28-29-30-31(25)16-18-4-2-1-3-5-18;1-23-16(22)12-24-15-9-7-14(8-10-15)17-18-19-20-21(17)11-13-5-3-2-4-6-13;1-16-9(15)6-17-8-4-2-7(3-5-8)10-11-13-14-12-10;1-13-10(12)7-14-9-4-2-8(6-11)3-5-9;10-9-2-1-8-6-11-4-3-7(8)5-9;8-6-7-4-2-1-3-5-7;8-5-6-1-3-7(9)4-2-6;1-6-3(5)2-4;2-1-4-3;;;/h1-15H,16-17H2,(H,26,27,32);2-10H,11-12H2,1H3;2-5H,6H2,1H3,(H,11,12,13,14);2-5H,7H2,1H3;1-6H,10H2;1-5H,6H2;1-4,9H;2H2,1H3;1,3H;;;/q;;;;;;;;;2*+1;-1/p+1. The third kappa shape index (κ3) is 39.7. The monoisotopic (exact) mass is 1910 g/mol. The van der Waals surface area contributed by atoms with Crippen LogP contribution in [-0.2, 0) is 71.0 Å². The van der Waals surface area contributed by atoms with E-state index < -0.39 is 17.9 Å². The number of phenolic OH excluding ortho intramolecular Hbond substituents is 1. The van der Waals surface area contributed by atoms with Crippen LogP contribution in [0.4, 0.5) is 11.4 Å². The molecule has 0 radical (unpaired) electrons. The summed E-state index contributed by atoms with van der Waals surface area (Å²) >= 11 is 6.26. The fourth-order valence-electron chi connectivity index (χ4n) is 10.0. The molecule has 0 aliphatic heterocycles. The number of tetrazole rings is 3. The van der Waals surface area contributed by atoms with Gasteiger partial charge in [-0.3, -0.25) is 24.4 Å². The van der Waals surface area contributed by atoms with Gasteiger partial charge in [0.05, 0.1) is 62.8 Å². The number of aromatic hydroxyl groups is 1. The van der Waals surface area contributed by atoms with Gasteiger partial charge in [-0.05, 0) is 190 Å². The molecule has 0 aliphatic rings. The van der Waals surface area contributed by atoms with Crippen molar-refractivity contribution in [2.75, 3.05) is 71.2 Å². The number of nitrogen functional groups attached to an aromatic ring is 1. The third-order valence-electron chi connectivity index (χ3n) is 16.2. The Kier molecular flexibility index (Phi) is 50.6. The number of aromatic amines is 3. The molecule has 0 atom stereocenters. The number of hydrogen-bond donors (Lipinski definition) is 6. The first-order chi connectivity index (χ1) is 61.4. The molecule has 0 aliphatic carbocycles. The molecule has 5 heterocycles. The number of nitrogens with two attached hydrogens (primary N) is 1. The molecule has 39 heteroatoms. The smallest absolute Gasteiger partial charge is 1.00 e. The van der Waals surface area contributed by atoms with Crippen LogP contribution in [0.1, 0.15) is 29.2 Å². The average molecular weight is 1920 g/mol. The van der Waals surface area contributed by atoms with Crippen LogP contribution in [0.3, 0.4) is 0 Å². The Bertz CT molecular complexity index is 5870. The second kappa shape index (κ2) is 61.4.